The van der Waals surface area contributed by atoms with Crippen LogP contribution in [0.4, 0.5) is 0 Å². The number of hydrogen-bond donors (Lipinski definition) is 0. The average Bonchev–Trinajstić information content (AvgIpc) is 3.82. The highest BCUT2D eigenvalue weighted by atomic mass is 14.5. The van der Waals surface area contributed by atoms with E-state index in [0.29, 0.717) is 10.8 Å². The molecular weight excluding hydrogens is 444 g/mol. The lowest BCUT2D eigenvalue weighted by Gasteiger charge is -2.39. The van der Waals surface area contributed by atoms with Crippen LogP contribution in [0.25, 0.3) is 33.4 Å². The van der Waals surface area contributed by atoms with Crippen LogP contribution in [0.2, 0.25) is 0 Å². The first-order valence-electron chi connectivity index (χ1n) is 13.2. The fraction of sp³-hybridized carbons (Fsp3) is 0.189. The first-order chi connectivity index (χ1) is 17.8. The van der Waals surface area contributed by atoms with E-state index in [1.54, 1.807) is 0 Å². The van der Waals surface area contributed by atoms with Crippen molar-refractivity contribution in [1.82, 2.24) is 0 Å². The van der Waals surface area contributed by atoms with Gasteiger partial charge in [0, 0.05) is 12.8 Å². The van der Waals surface area contributed by atoms with Crippen LogP contribution in [0, 0.1) is 30.6 Å². The molecule has 0 saturated carbocycles. The van der Waals surface area contributed by atoms with Crippen molar-refractivity contribution in [3.05, 3.63) is 145 Å². The molecule has 0 aromatic heterocycles. The molecule has 37 heavy (non-hydrogen) atoms. The largest absolute Gasteiger partial charge is 0.0760 e. The van der Waals surface area contributed by atoms with E-state index >= 15 is 0 Å². The van der Waals surface area contributed by atoms with Crippen LogP contribution >= 0.6 is 0 Å². The summed E-state index contributed by atoms with van der Waals surface area (Å²) >= 11 is 0. The quantitative estimate of drug-likeness (QED) is 0.257. The monoisotopic (exact) mass is 480 g/mol. The minimum Gasteiger partial charge on any atom is -0.0760 e. The molecule has 184 valence electrons. The minimum atomic E-state index is 0.297. The molecule has 0 spiro atoms. The zero-order valence-corrected chi connectivity index (χ0v) is 22.6. The Hall–Kier alpha value is -3.64. The van der Waals surface area contributed by atoms with E-state index in [4.69, 9.17) is 0 Å². The van der Waals surface area contributed by atoms with E-state index in [0.717, 1.165) is 0 Å². The molecule has 2 radical (unpaired) electrons. The molecule has 0 heterocycles. The molecule has 0 nitrogen and oxygen atoms in total. The van der Waals surface area contributed by atoms with Gasteiger partial charge >= 0.3 is 0 Å². The Kier molecular flexibility index (Phi) is 6.78. The summed E-state index contributed by atoms with van der Waals surface area (Å²) < 4.78 is 0. The van der Waals surface area contributed by atoms with Gasteiger partial charge in [0.1, 0.15) is 0 Å². The Bertz CT molecular complexity index is 1430. The van der Waals surface area contributed by atoms with E-state index in [1.807, 2.05) is 0 Å². The molecule has 0 fully saturated rings. The molecule has 2 aliphatic rings. The van der Waals surface area contributed by atoms with Crippen LogP contribution in [-0.4, -0.2) is 0 Å². The second kappa shape index (κ2) is 10.0. The maximum atomic E-state index is 2.33. The number of aryl methyl sites for hydroxylation is 1. The first kappa shape index (κ1) is 25.0. The van der Waals surface area contributed by atoms with Gasteiger partial charge in [0.05, 0.1) is 0 Å². The van der Waals surface area contributed by atoms with Gasteiger partial charge < -0.3 is 0 Å². The van der Waals surface area contributed by atoms with E-state index in [-0.39, 0.29) is 0 Å². The van der Waals surface area contributed by atoms with Gasteiger partial charge in [0.15, 0.2) is 0 Å². The highest BCUT2D eigenvalue weighted by molar-refractivity contribution is 5.77. The fourth-order valence-electron chi connectivity index (χ4n) is 4.85. The van der Waals surface area contributed by atoms with Crippen molar-refractivity contribution < 1.29 is 0 Å². The zero-order chi connectivity index (χ0) is 26.0. The summed E-state index contributed by atoms with van der Waals surface area (Å²) in [5.74, 6) is 0. The summed E-state index contributed by atoms with van der Waals surface area (Å²) in [6.07, 6.45) is 8.91. The summed E-state index contributed by atoms with van der Waals surface area (Å²) in [5.41, 5.74) is 12.4. The first-order valence-corrected chi connectivity index (χ1v) is 13.2. The highest BCUT2D eigenvalue weighted by Crippen LogP contribution is 2.56. The van der Waals surface area contributed by atoms with Crippen molar-refractivity contribution in [1.29, 1.82) is 0 Å². The van der Waals surface area contributed by atoms with E-state index < -0.39 is 0 Å². The molecule has 0 heteroatoms. The third-order valence-corrected chi connectivity index (χ3v) is 8.19. The number of allylic oxidation sites excluding steroid dienone is 4. The van der Waals surface area contributed by atoms with Crippen molar-refractivity contribution in [3.8, 4) is 33.4 Å². The van der Waals surface area contributed by atoms with Gasteiger partial charge in [-0.15, -0.1) is 0 Å². The molecule has 0 saturated heterocycles. The van der Waals surface area contributed by atoms with Crippen LogP contribution in [-0.2, 0) is 0 Å². The summed E-state index contributed by atoms with van der Waals surface area (Å²) in [5, 5.41) is 0. The van der Waals surface area contributed by atoms with E-state index in [9.17, 15) is 0 Å². The third-order valence-electron chi connectivity index (χ3n) is 8.19. The van der Waals surface area contributed by atoms with Crippen LogP contribution in [0.1, 0.15) is 33.3 Å². The molecule has 0 atom stereocenters. The van der Waals surface area contributed by atoms with Crippen LogP contribution in [0.15, 0.2) is 126 Å². The third kappa shape index (κ3) is 5.54. The Labute approximate surface area is 223 Å². The maximum Gasteiger partial charge on any atom is 0.00863 e. The van der Waals surface area contributed by atoms with Crippen LogP contribution in [0.3, 0.4) is 0 Å². The zero-order valence-electron chi connectivity index (χ0n) is 22.6. The number of rotatable bonds is 6. The van der Waals surface area contributed by atoms with Gasteiger partial charge in [0.25, 0.3) is 0 Å². The predicted octanol–water partition coefficient (Wildman–Crippen LogP) is 10.3. The SMILES string of the molecule is CC(C)(C1=C[CH]1)C(C)(C)C1=C[CH]1.Cc1cccc(-c2cccc(-c3cccc(-c4ccccc4)c3)c2)c1. The van der Waals surface area contributed by atoms with Gasteiger partial charge in [0.2, 0.25) is 0 Å². The molecule has 0 amide bonds. The second-order valence-corrected chi connectivity index (χ2v) is 11.2. The summed E-state index contributed by atoms with van der Waals surface area (Å²) in [6.45, 7) is 11.5. The molecule has 0 bridgehead atoms. The lowest BCUT2D eigenvalue weighted by Crippen LogP contribution is -2.31. The molecule has 4 aromatic rings. The van der Waals surface area contributed by atoms with Crippen molar-refractivity contribution in [2.45, 2.75) is 34.6 Å². The Morgan fingerprint density at radius 3 is 1.16 bits per heavy atom. The molecule has 6 rings (SSSR count). The normalized spacial score (nSPS) is 14.2. The summed E-state index contributed by atoms with van der Waals surface area (Å²) in [7, 11) is 0. The molecule has 4 aromatic carbocycles. The van der Waals surface area contributed by atoms with Crippen molar-refractivity contribution in [2.75, 3.05) is 0 Å². The lowest BCUT2D eigenvalue weighted by atomic mass is 9.64. The van der Waals surface area contributed by atoms with Crippen molar-refractivity contribution in [2.24, 2.45) is 10.8 Å². The Morgan fingerprint density at radius 1 is 0.405 bits per heavy atom. The number of hydrogen-bond acceptors (Lipinski definition) is 0. The van der Waals surface area contributed by atoms with Gasteiger partial charge in [-0.3, -0.25) is 0 Å². The molecule has 0 unspecified atom stereocenters. The van der Waals surface area contributed by atoms with Crippen LogP contribution < -0.4 is 0 Å². The lowest BCUT2D eigenvalue weighted by molar-refractivity contribution is 0.217. The second-order valence-electron chi connectivity index (χ2n) is 11.2. The maximum absolute atomic E-state index is 2.33. The molecule has 0 N–H and O–H groups in total. The Balaban J connectivity index is 0.000000195. The van der Waals surface area contributed by atoms with Gasteiger partial charge in [-0.25, -0.2) is 0 Å². The predicted molar refractivity (Wildman–Crippen MR) is 160 cm³/mol. The van der Waals surface area contributed by atoms with Crippen molar-refractivity contribution >= 4 is 0 Å². The molecule has 2 aliphatic carbocycles. The van der Waals surface area contributed by atoms with E-state index in [2.05, 4.69) is 163 Å². The van der Waals surface area contributed by atoms with Gasteiger partial charge in [-0.1, -0.05) is 148 Å². The standard InChI is InChI=1S/C25H20.C12H16/c1-19-8-5-11-21(16-19)23-13-7-15-25(18-23)24-14-6-12-22(17-24)20-9-3-2-4-10-20;1-11(2,9-5-6-9)12(3,4)10-7-8-10/h2-18H,1H3;5-8H,1-4H3. The summed E-state index contributed by atoms with van der Waals surface area (Å²) in [6, 6.07) is 36.7. The fourth-order valence-corrected chi connectivity index (χ4v) is 4.85. The topological polar surface area (TPSA) is 0 Å². The van der Waals surface area contributed by atoms with E-state index in [1.165, 1.54) is 50.1 Å². The van der Waals surface area contributed by atoms with Crippen molar-refractivity contribution in [3.63, 3.8) is 0 Å². The molecular formula is C37H36. The average molecular weight is 481 g/mol. The minimum absolute atomic E-state index is 0.297. The molecule has 0 aliphatic heterocycles. The van der Waals surface area contributed by atoms with Gasteiger partial charge in [-0.05, 0) is 63.3 Å². The van der Waals surface area contributed by atoms with Gasteiger partial charge in [-0.2, -0.15) is 0 Å². The summed E-state index contributed by atoms with van der Waals surface area (Å²) in [4.78, 5) is 0. The number of benzene rings is 4. The van der Waals surface area contributed by atoms with Crippen LogP contribution in [0.5, 0.6) is 0 Å². The highest BCUT2D eigenvalue weighted by Gasteiger charge is 2.46. The Morgan fingerprint density at radius 2 is 0.757 bits per heavy atom. The smallest absolute Gasteiger partial charge is 0.00863 e.